The van der Waals surface area contributed by atoms with Crippen molar-refractivity contribution in [3.8, 4) is 33.6 Å². The molecule has 4 aromatic heterocycles. The molecular weight excluding hydrogens is 755 g/mol. The number of aldehydes is 1. The first-order chi connectivity index (χ1) is 28.1. The summed E-state index contributed by atoms with van der Waals surface area (Å²) in [6.45, 7) is 18.4. The fraction of sp³-hybridized carbons (Fsp3) is 0.488. The van der Waals surface area contributed by atoms with Crippen LogP contribution in [0.2, 0.25) is 0 Å². The first-order valence-electron chi connectivity index (χ1n) is 20.3. The van der Waals surface area contributed by atoms with Gasteiger partial charge in [-0.1, -0.05) is 78.6 Å². The van der Waals surface area contributed by atoms with Gasteiger partial charge in [0.25, 0.3) is 0 Å². The van der Waals surface area contributed by atoms with Gasteiger partial charge >= 0.3 is 6.09 Å². The average molecular weight is 822 g/mol. The van der Waals surface area contributed by atoms with Gasteiger partial charge in [0, 0.05) is 42.7 Å². The Balaban J connectivity index is 0.000000415. The van der Waals surface area contributed by atoms with Crippen molar-refractivity contribution in [1.29, 1.82) is 0 Å². The number of methoxy groups -OCH3 is 1. The van der Waals surface area contributed by atoms with Crippen LogP contribution < -0.4 is 10.6 Å². The molecule has 5 N–H and O–H groups in total. The third-order valence-corrected chi connectivity index (χ3v) is 9.00. The van der Waals surface area contributed by atoms with Crippen LogP contribution >= 0.6 is 11.3 Å². The lowest BCUT2D eigenvalue weighted by molar-refractivity contribution is -0.131. The molecule has 2 aliphatic heterocycles. The highest BCUT2D eigenvalue weighted by molar-refractivity contribution is 7.18. The molecule has 0 bridgehead atoms. The summed E-state index contributed by atoms with van der Waals surface area (Å²) in [6.07, 6.45) is 16.7. The van der Waals surface area contributed by atoms with Crippen LogP contribution in [0.25, 0.3) is 43.9 Å². The van der Waals surface area contributed by atoms with Crippen molar-refractivity contribution in [2.75, 3.05) is 53.4 Å². The first kappa shape index (κ1) is 50.7. The Morgan fingerprint density at radius 1 is 0.810 bits per heavy atom. The number of hydrogen-bond donors (Lipinski definition) is 5. The lowest BCUT2D eigenvalue weighted by Gasteiger charge is -2.14. The van der Waals surface area contributed by atoms with E-state index in [0.29, 0.717) is 6.29 Å². The van der Waals surface area contributed by atoms with E-state index in [0.717, 1.165) is 54.0 Å². The fourth-order valence-electron chi connectivity index (χ4n) is 5.32. The van der Waals surface area contributed by atoms with Crippen LogP contribution in [-0.4, -0.2) is 112 Å². The number of alkyl carbamates (subject to hydrolysis) is 1. The molecular formula is C43H67N9O5S. The molecule has 15 heteroatoms. The molecule has 2 fully saturated rings. The van der Waals surface area contributed by atoms with Crippen LogP contribution in [0.1, 0.15) is 87.0 Å². The van der Waals surface area contributed by atoms with E-state index in [4.69, 9.17) is 0 Å². The summed E-state index contributed by atoms with van der Waals surface area (Å²) in [6, 6.07) is 8.53. The molecule has 0 radical (unpaired) electrons. The summed E-state index contributed by atoms with van der Waals surface area (Å²) in [7, 11) is 3.41. The maximum absolute atomic E-state index is 11.3. The van der Waals surface area contributed by atoms with Crippen molar-refractivity contribution in [2.24, 2.45) is 0 Å². The number of aromatic amines is 3. The zero-order valence-electron chi connectivity index (χ0n) is 36.1. The maximum atomic E-state index is 11.3. The van der Waals surface area contributed by atoms with E-state index in [2.05, 4.69) is 116 Å². The number of benzene rings is 1. The normalized spacial score (nSPS) is 12.5. The SMILES string of the molecule is CC.CC(=O)NCC(=O)N1CCCC1.CCC.CCC.CN1CCCC1.COC(=O)NCC=O.c1ncc(-c2ccc(-c3c[nH]c4c(-c5cnc[nH]5)csc34)cc2)[nH]1. The van der Waals surface area contributed by atoms with E-state index in [1.54, 1.807) is 28.9 Å². The molecule has 1 aromatic carbocycles. The van der Waals surface area contributed by atoms with Crippen molar-refractivity contribution in [1.82, 2.24) is 45.4 Å². The number of likely N-dealkylation sites (tertiary alicyclic amines) is 2. The number of hydrogen-bond acceptors (Lipinski definition) is 9. The Bertz CT molecular complexity index is 1790. The van der Waals surface area contributed by atoms with Crippen molar-refractivity contribution in [2.45, 2.75) is 87.0 Å². The molecule has 0 unspecified atom stereocenters. The van der Waals surface area contributed by atoms with E-state index in [-0.39, 0.29) is 24.9 Å². The summed E-state index contributed by atoms with van der Waals surface area (Å²) >= 11 is 1.75. The van der Waals surface area contributed by atoms with Gasteiger partial charge < -0.3 is 44.9 Å². The van der Waals surface area contributed by atoms with Gasteiger partial charge in [0.2, 0.25) is 11.8 Å². The second-order valence-corrected chi connectivity index (χ2v) is 13.9. The largest absolute Gasteiger partial charge is 0.453 e. The maximum Gasteiger partial charge on any atom is 0.407 e. The van der Waals surface area contributed by atoms with Gasteiger partial charge in [-0.2, -0.15) is 0 Å². The zero-order chi connectivity index (χ0) is 43.1. The first-order valence-corrected chi connectivity index (χ1v) is 21.1. The van der Waals surface area contributed by atoms with Crippen LogP contribution in [0.3, 0.4) is 0 Å². The Kier molecular flexibility index (Phi) is 26.9. The monoisotopic (exact) mass is 821 g/mol. The summed E-state index contributed by atoms with van der Waals surface area (Å²) < 4.78 is 5.40. The van der Waals surface area contributed by atoms with E-state index in [1.165, 1.54) is 68.6 Å². The summed E-state index contributed by atoms with van der Waals surface area (Å²) in [5.74, 6) is -0.120. The predicted molar refractivity (Wildman–Crippen MR) is 238 cm³/mol. The number of rotatable bonds is 7. The number of carbonyl (C=O) groups excluding carboxylic acids is 4. The number of H-pyrrole nitrogens is 3. The Morgan fingerprint density at radius 2 is 1.34 bits per heavy atom. The Hall–Kier alpha value is -5.28. The second-order valence-electron chi connectivity index (χ2n) is 13.0. The highest BCUT2D eigenvalue weighted by Gasteiger charge is 2.17. The number of ether oxygens (including phenoxy) is 1. The smallest absolute Gasteiger partial charge is 0.407 e. The van der Waals surface area contributed by atoms with Crippen molar-refractivity contribution < 1.29 is 23.9 Å². The van der Waals surface area contributed by atoms with Crippen LogP contribution in [-0.2, 0) is 19.1 Å². The number of fused-ring (bicyclic) bond motifs is 1. The van der Waals surface area contributed by atoms with Gasteiger partial charge in [-0.15, -0.1) is 11.3 Å². The highest BCUT2D eigenvalue weighted by Crippen LogP contribution is 2.39. The molecule has 0 spiro atoms. The van der Waals surface area contributed by atoms with Crippen molar-refractivity contribution in [3.63, 3.8) is 0 Å². The van der Waals surface area contributed by atoms with E-state index in [1.807, 2.05) is 26.2 Å². The molecule has 2 saturated heterocycles. The molecule has 320 valence electrons. The average Bonchev–Trinajstić information content (AvgIpc) is 4.09. The molecule has 3 amide bonds. The molecule has 7 rings (SSSR count). The third-order valence-electron chi connectivity index (χ3n) is 7.98. The standard InChI is InChI=1S/C18H13N5S.C8H14N2O2.C5H11N.C4H7NO3.2C3H8.C2H6/c1-3-12(15-6-19-9-22-15)4-2-11(1)13-5-21-17-14(8-24-18(13)17)16-7-20-10-23-16;1-7(11)9-6-8(12)10-4-2-3-5-10;1-6-4-2-3-5-6;1-8-4(7)5-2-3-6;2*1-3-2;1-2/h1-10,21H,(H,19,22)(H,20,23);2-6H2,1H3,(H,9,11);2-5H2,1H3;3H,2H2,1H3,(H,5,7);2*3H2,1-2H3;1-2H3. The summed E-state index contributed by atoms with van der Waals surface area (Å²) in [5.41, 5.74) is 7.92. The lowest BCUT2D eigenvalue weighted by Crippen LogP contribution is -2.37. The molecule has 58 heavy (non-hydrogen) atoms. The number of imidazole rings is 2. The lowest BCUT2D eigenvalue weighted by atomic mass is 10.1. The minimum Gasteiger partial charge on any atom is -0.453 e. The molecule has 5 aromatic rings. The van der Waals surface area contributed by atoms with Crippen molar-refractivity contribution >= 4 is 45.7 Å². The minimum absolute atomic E-state index is 0.00662. The topological polar surface area (TPSA) is 181 Å². The number of aromatic nitrogens is 5. The summed E-state index contributed by atoms with van der Waals surface area (Å²) in [5, 5.41) is 6.81. The van der Waals surface area contributed by atoms with Crippen molar-refractivity contribution in [3.05, 3.63) is 60.9 Å². The quantitative estimate of drug-likeness (QED) is 0.101. The van der Waals surface area contributed by atoms with Gasteiger partial charge in [-0.3, -0.25) is 9.59 Å². The van der Waals surface area contributed by atoms with Gasteiger partial charge in [0.05, 0.1) is 66.9 Å². The number of amides is 3. The van der Waals surface area contributed by atoms with Crippen LogP contribution in [0.15, 0.2) is 60.9 Å². The number of nitrogens with one attached hydrogen (secondary N) is 5. The zero-order valence-corrected chi connectivity index (χ0v) is 36.9. The van der Waals surface area contributed by atoms with Crippen LogP contribution in [0.5, 0.6) is 0 Å². The minimum atomic E-state index is -0.586. The number of thiophene rings is 1. The third kappa shape index (κ3) is 18.8. The van der Waals surface area contributed by atoms with E-state index in [9.17, 15) is 19.2 Å². The van der Waals surface area contributed by atoms with E-state index >= 15 is 0 Å². The van der Waals surface area contributed by atoms with E-state index < -0.39 is 6.09 Å². The molecule has 0 saturated carbocycles. The molecule has 0 aliphatic carbocycles. The predicted octanol–water partition coefficient (Wildman–Crippen LogP) is 8.53. The second kappa shape index (κ2) is 30.8. The Labute approximate surface area is 349 Å². The number of carbonyl (C=O) groups is 4. The number of nitrogens with zero attached hydrogens (tertiary/aromatic N) is 4. The van der Waals surface area contributed by atoms with Crippen LogP contribution in [0.4, 0.5) is 4.79 Å². The molecule has 2 aliphatic rings. The van der Waals surface area contributed by atoms with Gasteiger partial charge in [0.15, 0.2) is 0 Å². The van der Waals surface area contributed by atoms with Crippen LogP contribution in [0, 0.1) is 0 Å². The molecule has 14 nitrogen and oxygen atoms in total. The van der Waals surface area contributed by atoms with Gasteiger partial charge in [-0.25, -0.2) is 14.8 Å². The Morgan fingerprint density at radius 3 is 1.81 bits per heavy atom. The van der Waals surface area contributed by atoms with Gasteiger partial charge in [-0.05, 0) is 56.9 Å². The molecule has 0 atom stereocenters. The summed E-state index contributed by atoms with van der Waals surface area (Å²) in [4.78, 5) is 63.4. The van der Waals surface area contributed by atoms with Gasteiger partial charge in [0.1, 0.15) is 6.29 Å². The highest BCUT2D eigenvalue weighted by atomic mass is 32.1. The fourth-order valence-corrected chi connectivity index (χ4v) is 6.39. The molecule has 6 heterocycles.